The summed E-state index contributed by atoms with van der Waals surface area (Å²) >= 11 is 5.94. The predicted molar refractivity (Wildman–Crippen MR) is 82.2 cm³/mol. The molecule has 0 aromatic heterocycles. The molecule has 1 aliphatic heterocycles. The fourth-order valence-corrected chi connectivity index (χ4v) is 3.46. The lowest BCUT2D eigenvalue weighted by Crippen LogP contribution is -2.43. The number of benzene rings is 1. The SMILES string of the molecule is O=C1CC(Nc2cccc(Cl)c2)C(=O)N1C1CCCCC1. The van der Waals surface area contributed by atoms with Crippen LogP contribution in [0.3, 0.4) is 0 Å². The zero-order valence-corrected chi connectivity index (χ0v) is 12.6. The second kappa shape index (κ2) is 6.06. The molecule has 2 aliphatic rings. The van der Waals surface area contributed by atoms with Crippen LogP contribution < -0.4 is 5.32 Å². The Hall–Kier alpha value is -1.55. The highest BCUT2D eigenvalue weighted by Crippen LogP contribution is 2.28. The molecule has 1 atom stereocenters. The molecule has 4 nitrogen and oxygen atoms in total. The maximum Gasteiger partial charge on any atom is 0.252 e. The maximum absolute atomic E-state index is 12.5. The quantitative estimate of drug-likeness (QED) is 0.872. The lowest BCUT2D eigenvalue weighted by atomic mass is 9.94. The molecule has 1 unspecified atom stereocenters. The van der Waals surface area contributed by atoms with E-state index in [1.165, 1.54) is 11.3 Å². The molecule has 21 heavy (non-hydrogen) atoms. The zero-order chi connectivity index (χ0) is 14.8. The molecule has 1 aromatic rings. The summed E-state index contributed by atoms with van der Waals surface area (Å²) in [6.07, 6.45) is 5.55. The summed E-state index contributed by atoms with van der Waals surface area (Å²) in [6.45, 7) is 0. The second-order valence-electron chi connectivity index (χ2n) is 5.81. The molecular weight excluding hydrogens is 288 g/mol. The van der Waals surface area contributed by atoms with E-state index in [1.807, 2.05) is 12.1 Å². The summed E-state index contributed by atoms with van der Waals surface area (Å²) in [4.78, 5) is 26.2. The average Bonchev–Trinajstić information content (AvgIpc) is 2.74. The van der Waals surface area contributed by atoms with Gasteiger partial charge in [-0.3, -0.25) is 14.5 Å². The fourth-order valence-electron chi connectivity index (χ4n) is 3.27. The van der Waals surface area contributed by atoms with Crippen molar-refractivity contribution >= 4 is 29.1 Å². The van der Waals surface area contributed by atoms with Gasteiger partial charge in [0.05, 0.1) is 6.42 Å². The molecule has 112 valence electrons. The molecule has 2 fully saturated rings. The van der Waals surface area contributed by atoms with Crippen LogP contribution in [0.5, 0.6) is 0 Å². The summed E-state index contributed by atoms with van der Waals surface area (Å²) in [6, 6.07) is 6.87. The number of nitrogens with zero attached hydrogens (tertiary/aromatic N) is 1. The molecule has 3 rings (SSSR count). The zero-order valence-electron chi connectivity index (χ0n) is 11.8. The molecule has 1 N–H and O–H groups in total. The van der Waals surface area contributed by atoms with E-state index in [2.05, 4.69) is 5.32 Å². The second-order valence-corrected chi connectivity index (χ2v) is 6.24. The molecule has 1 aromatic carbocycles. The van der Waals surface area contributed by atoms with Crippen LogP contribution in [0, 0.1) is 0 Å². The van der Waals surface area contributed by atoms with Crippen molar-refractivity contribution in [3.05, 3.63) is 29.3 Å². The van der Waals surface area contributed by atoms with Gasteiger partial charge in [0.15, 0.2) is 0 Å². The third kappa shape index (κ3) is 3.05. The molecule has 1 saturated carbocycles. The number of carbonyl (C=O) groups excluding carboxylic acids is 2. The van der Waals surface area contributed by atoms with E-state index >= 15 is 0 Å². The molecule has 0 spiro atoms. The Balaban J connectivity index is 1.71. The Bertz CT molecular complexity index is 555. The van der Waals surface area contributed by atoms with E-state index in [1.54, 1.807) is 12.1 Å². The van der Waals surface area contributed by atoms with Crippen molar-refractivity contribution in [2.24, 2.45) is 0 Å². The Morgan fingerprint density at radius 1 is 1.14 bits per heavy atom. The molecule has 1 heterocycles. The van der Waals surface area contributed by atoms with Crippen molar-refractivity contribution in [3.63, 3.8) is 0 Å². The van der Waals surface area contributed by atoms with Gasteiger partial charge in [-0.25, -0.2) is 0 Å². The predicted octanol–water partition coefficient (Wildman–Crippen LogP) is 3.21. The molecular formula is C16H19ClN2O2. The minimum absolute atomic E-state index is 0.0496. The number of likely N-dealkylation sites (tertiary alicyclic amines) is 1. The van der Waals surface area contributed by atoms with Crippen molar-refractivity contribution in [2.75, 3.05) is 5.32 Å². The summed E-state index contributed by atoms with van der Waals surface area (Å²) < 4.78 is 0. The highest BCUT2D eigenvalue weighted by molar-refractivity contribution is 6.30. The van der Waals surface area contributed by atoms with Crippen molar-refractivity contribution in [1.29, 1.82) is 0 Å². The molecule has 0 radical (unpaired) electrons. The van der Waals surface area contributed by atoms with Gasteiger partial charge < -0.3 is 5.32 Å². The third-order valence-corrected chi connectivity index (χ3v) is 4.52. The first-order valence-electron chi connectivity index (χ1n) is 7.53. The highest BCUT2D eigenvalue weighted by Gasteiger charge is 2.42. The first kappa shape index (κ1) is 14.4. The van der Waals surface area contributed by atoms with Crippen molar-refractivity contribution in [3.8, 4) is 0 Å². The largest absolute Gasteiger partial charge is 0.373 e. The maximum atomic E-state index is 12.5. The fraction of sp³-hybridized carbons (Fsp3) is 0.500. The van der Waals surface area contributed by atoms with Crippen LogP contribution >= 0.6 is 11.6 Å². The number of halogens is 1. The Kier molecular flexibility index (Phi) is 4.15. The molecule has 2 amide bonds. The number of hydrogen-bond donors (Lipinski definition) is 1. The van der Waals surface area contributed by atoms with Crippen LogP contribution in [-0.2, 0) is 9.59 Å². The van der Waals surface area contributed by atoms with Crippen LogP contribution in [0.15, 0.2) is 24.3 Å². The van der Waals surface area contributed by atoms with E-state index < -0.39 is 6.04 Å². The van der Waals surface area contributed by atoms with Gasteiger partial charge >= 0.3 is 0 Å². The van der Waals surface area contributed by atoms with Crippen molar-refractivity contribution in [1.82, 2.24) is 4.90 Å². The summed E-state index contributed by atoms with van der Waals surface area (Å²) in [5.41, 5.74) is 0.777. The normalized spacial score (nSPS) is 23.7. The Morgan fingerprint density at radius 3 is 2.62 bits per heavy atom. The Morgan fingerprint density at radius 2 is 1.90 bits per heavy atom. The van der Waals surface area contributed by atoms with Gasteiger partial charge in [-0.1, -0.05) is 36.9 Å². The topological polar surface area (TPSA) is 49.4 Å². The number of rotatable bonds is 3. The summed E-state index contributed by atoms with van der Waals surface area (Å²) in [5.74, 6) is -0.140. The highest BCUT2D eigenvalue weighted by atomic mass is 35.5. The number of amides is 2. The number of carbonyl (C=O) groups is 2. The first-order chi connectivity index (χ1) is 10.1. The lowest BCUT2D eigenvalue weighted by molar-refractivity contribution is -0.141. The van der Waals surface area contributed by atoms with Gasteiger partial charge in [-0.15, -0.1) is 0 Å². The third-order valence-electron chi connectivity index (χ3n) is 4.29. The smallest absolute Gasteiger partial charge is 0.252 e. The summed E-state index contributed by atoms with van der Waals surface area (Å²) in [5, 5.41) is 3.75. The standard InChI is InChI=1S/C16H19ClN2O2/c17-11-5-4-6-12(9-11)18-14-10-15(20)19(16(14)21)13-7-2-1-3-8-13/h4-6,9,13-14,18H,1-3,7-8,10H2. The summed E-state index contributed by atoms with van der Waals surface area (Å²) in [7, 11) is 0. The average molecular weight is 307 g/mol. The number of hydrogen-bond acceptors (Lipinski definition) is 3. The van der Waals surface area contributed by atoms with Crippen molar-refractivity contribution < 1.29 is 9.59 Å². The van der Waals surface area contributed by atoms with Crippen LogP contribution in [0.4, 0.5) is 5.69 Å². The van der Waals surface area contributed by atoms with Gasteiger partial charge in [-0.2, -0.15) is 0 Å². The molecule has 5 heteroatoms. The minimum Gasteiger partial charge on any atom is -0.373 e. The van der Waals surface area contributed by atoms with Crippen LogP contribution in [-0.4, -0.2) is 28.8 Å². The number of imide groups is 1. The van der Waals surface area contributed by atoms with Gasteiger partial charge in [0, 0.05) is 16.8 Å². The lowest BCUT2D eigenvalue weighted by Gasteiger charge is -2.29. The van der Waals surface area contributed by atoms with E-state index in [0.29, 0.717) is 5.02 Å². The van der Waals surface area contributed by atoms with E-state index in [4.69, 9.17) is 11.6 Å². The van der Waals surface area contributed by atoms with E-state index in [-0.39, 0.29) is 24.3 Å². The van der Waals surface area contributed by atoms with Crippen LogP contribution in [0.1, 0.15) is 38.5 Å². The molecule has 1 aliphatic carbocycles. The van der Waals surface area contributed by atoms with Crippen LogP contribution in [0.25, 0.3) is 0 Å². The van der Waals surface area contributed by atoms with Gasteiger partial charge in [0.1, 0.15) is 6.04 Å². The van der Waals surface area contributed by atoms with Gasteiger partial charge in [-0.05, 0) is 31.0 Å². The first-order valence-corrected chi connectivity index (χ1v) is 7.91. The number of nitrogens with one attached hydrogen (secondary N) is 1. The number of anilines is 1. The molecule has 0 bridgehead atoms. The van der Waals surface area contributed by atoms with Crippen LogP contribution in [0.2, 0.25) is 5.02 Å². The van der Waals surface area contributed by atoms with Gasteiger partial charge in [0.2, 0.25) is 5.91 Å². The minimum atomic E-state index is -0.460. The van der Waals surface area contributed by atoms with Gasteiger partial charge in [0.25, 0.3) is 5.91 Å². The molecule has 1 saturated heterocycles. The monoisotopic (exact) mass is 306 g/mol. The Labute approximate surface area is 129 Å². The van der Waals surface area contributed by atoms with E-state index in [9.17, 15) is 9.59 Å². The van der Waals surface area contributed by atoms with Crippen molar-refractivity contribution in [2.45, 2.75) is 50.6 Å². The van der Waals surface area contributed by atoms with E-state index in [0.717, 1.165) is 31.4 Å².